The van der Waals surface area contributed by atoms with Crippen LogP contribution >= 0.6 is 0 Å². The second-order valence-corrected chi connectivity index (χ2v) is 6.93. The molecule has 0 atom stereocenters. The average molecular weight is 439 g/mol. The van der Waals surface area contributed by atoms with E-state index in [1.54, 1.807) is 0 Å². The fraction of sp³-hybridized carbons (Fsp3) is 0.0400. The van der Waals surface area contributed by atoms with Crippen LogP contribution in [0.2, 0.25) is 0 Å². The Morgan fingerprint density at radius 3 is 2.30 bits per heavy atom. The van der Waals surface area contributed by atoms with Crippen LogP contribution in [0.3, 0.4) is 0 Å². The van der Waals surface area contributed by atoms with E-state index in [4.69, 9.17) is 9.15 Å². The van der Waals surface area contributed by atoms with Gasteiger partial charge in [0.25, 0.3) is 0 Å². The van der Waals surface area contributed by atoms with E-state index in [0.717, 1.165) is 17.2 Å². The molecule has 8 nitrogen and oxygen atoms in total. The molecule has 1 heterocycles. The molecule has 162 valence electrons. The van der Waals surface area contributed by atoms with Gasteiger partial charge in [-0.05, 0) is 11.6 Å². The van der Waals surface area contributed by atoms with Crippen molar-refractivity contribution in [2.45, 2.75) is 0 Å². The van der Waals surface area contributed by atoms with E-state index in [9.17, 15) is 20.5 Å². The molecule has 0 radical (unpaired) electrons. The molecule has 0 aliphatic rings. The molecule has 8 heteroatoms. The van der Waals surface area contributed by atoms with Crippen LogP contribution in [0.4, 0.5) is 11.6 Å². The Morgan fingerprint density at radius 2 is 1.73 bits per heavy atom. The first-order valence-electron chi connectivity index (χ1n) is 9.80. The zero-order valence-electron chi connectivity index (χ0n) is 17.4. The van der Waals surface area contributed by atoms with Gasteiger partial charge in [0.1, 0.15) is 23.1 Å². The fourth-order valence-electron chi connectivity index (χ4n) is 3.38. The van der Waals surface area contributed by atoms with E-state index in [1.807, 2.05) is 60.7 Å². The number of rotatable bonds is 6. The number of ether oxygens (including phenoxy) is 1. The van der Waals surface area contributed by atoms with Gasteiger partial charge >= 0.3 is 5.69 Å². The van der Waals surface area contributed by atoms with Gasteiger partial charge in [0, 0.05) is 22.9 Å². The summed E-state index contributed by atoms with van der Waals surface area (Å²) in [7, 11) is 1.36. The Balaban J connectivity index is 1.89. The van der Waals surface area contributed by atoms with E-state index in [-0.39, 0.29) is 22.8 Å². The molecule has 4 rings (SSSR count). The predicted octanol–water partition coefficient (Wildman–Crippen LogP) is 5.86. The maximum absolute atomic E-state index is 11.3. The summed E-state index contributed by atoms with van der Waals surface area (Å²) < 4.78 is 11.1. The Kier molecular flexibility index (Phi) is 5.87. The monoisotopic (exact) mass is 439 g/mol. The van der Waals surface area contributed by atoms with Crippen molar-refractivity contribution in [2.24, 2.45) is 4.99 Å². The van der Waals surface area contributed by atoms with Crippen LogP contribution in [0, 0.1) is 21.4 Å². The lowest BCUT2D eigenvalue weighted by Gasteiger charge is -2.04. The van der Waals surface area contributed by atoms with E-state index in [2.05, 4.69) is 11.1 Å². The van der Waals surface area contributed by atoms with Crippen molar-refractivity contribution in [3.8, 4) is 40.0 Å². The van der Waals surface area contributed by atoms with Crippen molar-refractivity contribution in [1.82, 2.24) is 0 Å². The largest absolute Gasteiger partial charge is 0.502 e. The number of nitro benzene ring substituents is 1. The van der Waals surface area contributed by atoms with Crippen LogP contribution in [0.1, 0.15) is 11.1 Å². The summed E-state index contributed by atoms with van der Waals surface area (Å²) in [5, 5.41) is 31.5. The number of hydrogen-bond acceptors (Lipinski definition) is 7. The number of methoxy groups -OCH3 is 1. The fourth-order valence-corrected chi connectivity index (χ4v) is 3.38. The van der Waals surface area contributed by atoms with Crippen molar-refractivity contribution in [3.05, 3.63) is 94.0 Å². The number of phenolic OH excluding ortho intramolecular Hbond substituents is 1. The lowest BCUT2D eigenvalue weighted by molar-refractivity contribution is -0.385. The zero-order chi connectivity index (χ0) is 23.4. The minimum absolute atomic E-state index is 0.0140. The number of nitrogens with zero attached hydrogens (tertiary/aromatic N) is 3. The SMILES string of the molecule is COc1cc(/C=N/c2oc(-c3ccccc3)c(-c3ccccc3)c2C#N)c(O)c([N+](=O)[O-])c1. The zero-order valence-corrected chi connectivity index (χ0v) is 17.4. The minimum Gasteiger partial charge on any atom is -0.502 e. The third-order valence-electron chi connectivity index (χ3n) is 4.95. The highest BCUT2D eigenvalue weighted by molar-refractivity contribution is 5.91. The Labute approximate surface area is 188 Å². The topological polar surface area (TPSA) is 122 Å². The van der Waals surface area contributed by atoms with E-state index >= 15 is 0 Å². The van der Waals surface area contributed by atoms with Gasteiger partial charge in [-0.1, -0.05) is 60.7 Å². The van der Waals surface area contributed by atoms with Gasteiger partial charge in [-0.25, -0.2) is 4.99 Å². The molecule has 0 saturated heterocycles. The molecule has 1 N–H and O–H groups in total. The second kappa shape index (κ2) is 9.08. The molecule has 0 aliphatic heterocycles. The van der Waals surface area contributed by atoms with Crippen molar-refractivity contribution < 1.29 is 19.2 Å². The number of nitro groups is 1. The van der Waals surface area contributed by atoms with Crippen molar-refractivity contribution >= 4 is 17.8 Å². The molecular formula is C25H17N3O5. The van der Waals surface area contributed by atoms with Gasteiger partial charge in [-0.3, -0.25) is 10.1 Å². The standard InChI is InChI=1S/C25H17N3O5/c1-32-19-12-18(23(29)21(13-19)28(30)31)15-27-25-20(14-26)22(16-8-4-2-5-9-16)24(33-25)17-10-6-3-7-11-17/h2-13,15,29H,1H3/b27-15+. The summed E-state index contributed by atoms with van der Waals surface area (Å²) in [4.78, 5) is 14.8. The lowest BCUT2D eigenvalue weighted by Crippen LogP contribution is -1.94. The maximum atomic E-state index is 11.3. The van der Waals surface area contributed by atoms with Crippen LogP contribution in [-0.4, -0.2) is 23.4 Å². The highest BCUT2D eigenvalue weighted by atomic mass is 16.6. The summed E-state index contributed by atoms with van der Waals surface area (Å²) in [6.07, 6.45) is 1.20. The Morgan fingerprint density at radius 1 is 1.09 bits per heavy atom. The molecule has 3 aromatic carbocycles. The summed E-state index contributed by atoms with van der Waals surface area (Å²) in [5.74, 6) is 0.0865. The molecular weight excluding hydrogens is 422 g/mol. The summed E-state index contributed by atoms with van der Waals surface area (Å²) in [6.45, 7) is 0. The van der Waals surface area contributed by atoms with Gasteiger partial charge in [0.05, 0.1) is 18.1 Å². The van der Waals surface area contributed by atoms with Crippen LogP contribution in [0.25, 0.3) is 22.5 Å². The number of benzene rings is 3. The number of phenols is 1. The highest BCUT2D eigenvalue weighted by Crippen LogP contribution is 2.42. The summed E-state index contributed by atoms with van der Waals surface area (Å²) >= 11 is 0. The van der Waals surface area contributed by atoms with Crippen LogP contribution in [-0.2, 0) is 0 Å². The van der Waals surface area contributed by atoms with Crippen LogP contribution in [0.15, 0.2) is 82.2 Å². The molecule has 4 aromatic rings. The number of nitriles is 1. The normalized spacial score (nSPS) is 10.8. The quantitative estimate of drug-likeness (QED) is 0.228. The average Bonchev–Trinajstić information content (AvgIpc) is 3.22. The van der Waals surface area contributed by atoms with Gasteiger partial charge in [-0.15, -0.1) is 0 Å². The van der Waals surface area contributed by atoms with Crippen molar-refractivity contribution in [3.63, 3.8) is 0 Å². The van der Waals surface area contributed by atoms with Crippen LogP contribution in [0.5, 0.6) is 11.5 Å². The number of aliphatic imine (C=N–C) groups is 1. The molecule has 0 fully saturated rings. The first-order valence-corrected chi connectivity index (χ1v) is 9.80. The number of hydrogen-bond donors (Lipinski definition) is 1. The highest BCUT2D eigenvalue weighted by Gasteiger charge is 2.23. The first-order chi connectivity index (χ1) is 16.0. The first kappa shape index (κ1) is 21.3. The summed E-state index contributed by atoms with van der Waals surface area (Å²) in [5.41, 5.74) is 1.84. The van der Waals surface area contributed by atoms with E-state index in [0.29, 0.717) is 11.3 Å². The predicted molar refractivity (Wildman–Crippen MR) is 123 cm³/mol. The number of aromatic hydroxyl groups is 1. The van der Waals surface area contributed by atoms with Gasteiger partial charge in [-0.2, -0.15) is 5.26 Å². The smallest absolute Gasteiger partial charge is 0.315 e. The Hall–Kier alpha value is -4.90. The lowest BCUT2D eigenvalue weighted by atomic mass is 9.98. The molecule has 0 unspecified atom stereocenters. The molecule has 0 bridgehead atoms. The van der Waals surface area contributed by atoms with Crippen LogP contribution < -0.4 is 4.74 Å². The molecule has 1 aromatic heterocycles. The van der Waals surface area contributed by atoms with Gasteiger partial charge in [0.2, 0.25) is 11.6 Å². The molecule has 0 spiro atoms. The molecule has 0 aliphatic carbocycles. The Bertz CT molecular complexity index is 1390. The minimum atomic E-state index is -0.718. The van der Waals surface area contributed by atoms with Gasteiger partial charge in [0.15, 0.2) is 0 Å². The van der Waals surface area contributed by atoms with Gasteiger partial charge < -0.3 is 14.3 Å². The van der Waals surface area contributed by atoms with Crippen molar-refractivity contribution in [2.75, 3.05) is 7.11 Å². The summed E-state index contributed by atoms with van der Waals surface area (Å²) in [6, 6.07) is 23.3. The van der Waals surface area contributed by atoms with E-state index < -0.39 is 16.4 Å². The molecule has 33 heavy (non-hydrogen) atoms. The molecule has 0 amide bonds. The molecule has 0 saturated carbocycles. The maximum Gasteiger partial charge on any atom is 0.315 e. The number of furan rings is 1. The van der Waals surface area contributed by atoms with Crippen molar-refractivity contribution in [1.29, 1.82) is 5.26 Å². The second-order valence-electron chi connectivity index (χ2n) is 6.93. The third kappa shape index (κ3) is 4.16. The van der Waals surface area contributed by atoms with E-state index in [1.165, 1.54) is 19.4 Å². The third-order valence-corrected chi connectivity index (χ3v) is 4.95.